The SMILES string of the molecule is c1ccc2c(c1)Cc1c-2ccc2c1Cc1ccc3c4ncccc4n4c5ccncc5nc4c3c1-2. The molecule has 162 valence electrons. The van der Waals surface area contributed by atoms with Gasteiger partial charge in [-0.25, -0.2) is 4.98 Å². The van der Waals surface area contributed by atoms with Crippen LogP contribution in [0, 0.1) is 0 Å². The summed E-state index contributed by atoms with van der Waals surface area (Å²) >= 11 is 0. The van der Waals surface area contributed by atoms with Crippen molar-refractivity contribution in [1.29, 1.82) is 0 Å². The van der Waals surface area contributed by atoms with Gasteiger partial charge in [-0.05, 0) is 75.5 Å². The quantitative estimate of drug-likeness (QED) is 0.243. The zero-order valence-electron chi connectivity index (χ0n) is 18.8. The maximum Gasteiger partial charge on any atom is 0.147 e. The molecular formula is C31H18N4. The van der Waals surface area contributed by atoms with Crippen LogP contribution >= 0.6 is 0 Å². The zero-order chi connectivity index (χ0) is 22.7. The Kier molecular flexibility index (Phi) is 3.11. The average molecular weight is 447 g/mol. The van der Waals surface area contributed by atoms with Crippen molar-refractivity contribution < 1.29 is 0 Å². The van der Waals surface area contributed by atoms with E-state index in [9.17, 15) is 0 Å². The molecule has 4 nitrogen and oxygen atoms in total. The summed E-state index contributed by atoms with van der Waals surface area (Å²) in [7, 11) is 0. The summed E-state index contributed by atoms with van der Waals surface area (Å²) < 4.78 is 2.27. The van der Waals surface area contributed by atoms with Gasteiger partial charge in [0, 0.05) is 23.2 Å². The van der Waals surface area contributed by atoms with E-state index in [1.54, 1.807) is 0 Å². The Morgan fingerprint density at radius 1 is 0.686 bits per heavy atom. The molecule has 4 aromatic heterocycles. The highest BCUT2D eigenvalue weighted by Gasteiger charge is 2.30. The van der Waals surface area contributed by atoms with Crippen LogP contribution in [-0.2, 0) is 12.8 Å². The lowest BCUT2D eigenvalue weighted by atomic mass is 9.94. The molecule has 0 saturated heterocycles. The predicted octanol–water partition coefficient (Wildman–Crippen LogP) is 6.73. The number of fused-ring (bicyclic) bond motifs is 16. The number of nitrogens with zero attached hydrogens (tertiary/aromatic N) is 4. The third kappa shape index (κ3) is 2.11. The number of hydrogen-bond acceptors (Lipinski definition) is 3. The number of aromatic nitrogens is 4. The Labute approximate surface area is 200 Å². The van der Waals surface area contributed by atoms with Crippen LogP contribution in [0.25, 0.3) is 60.7 Å². The molecule has 0 aliphatic heterocycles. The Morgan fingerprint density at radius 2 is 1.57 bits per heavy atom. The van der Waals surface area contributed by atoms with Crippen molar-refractivity contribution in [2.75, 3.05) is 0 Å². The fourth-order valence-corrected chi connectivity index (χ4v) is 6.56. The van der Waals surface area contributed by atoms with Gasteiger partial charge in [0.2, 0.25) is 0 Å². The molecule has 0 spiro atoms. The number of imidazole rings is 1. The first kappa shape index (κ1) is 17.8. The standard InChI is InChI=1S/C31H18N4/c1-2-5-19-17(4-1)14-23-20(19)9-10-21-24(23)15-18-7-8-22-29(28(18)21)31-34-25-16-32-13-11-26(25)35(31)27-6-3-12-33-30(22)27/h1-13,16H,14-15H2. The van der Waals surface area contributed by atoms with E-state index in [0.717, 1.165) is 45.9 Å². The van der Waals surface area contributed by atoms with Crippen LogP contribution in [0.15, 0.2) is 85.3 Å². The van der Waals surface area contributed by atoms with E-state index < -0.39 is 0 Å². The number of hydrogen-bond donors (Lipinski definition) is 0. The van der Waals surface area contributed by atoms with Gasteiger partial charge in [-0.1, -0.05) is 48.5 Å². The highest BCUT2D eigenvalue weighted by molar-refractivity contribution is 6.18. The lowest BCUT2D eigenvalue weighted by Crippen LogP contribution is -1.95. The van der Waals surface area contributed by atoms with Crippen molar-refractivity contribution in [3.05, 3.63) is 108 Å². The lowest BCUT2D eigenvalue weighted by Gasteiger charge is -2.13. The van der Waals surface area contributed by atoms with Crippen molar-refractivity contribution >= 4 is 38.5 Å². The topological polar surface area (TPSA) is 43.1 Å². The number of benzene rings is 3. The Balaban J connectivity index is 1.45. The van der Waals surface area contributed by atoms with Crippen molar-refractivity contribution in [2.45, 2.75) is 12.8 Å². The van der Waals surface area contributed by atoms with Gasteiger partial charge in [-0.3, -0.25) is 14.4 Å². The van der Waals surface area contributed by atoms with E-state index in [2.05, 4.69) is 70.0 Å². The monoisotopic (exact) mass is 446 g/mol. The molecule has 4 heterocycles. The number of rotatable bonds is 0. The Morgan fingerprint density at radius 3 is 2.57 bits per heavy atom. The largest absolute Gasteiger partial charge is 0.290 e. The molecule has 35 heavy (non-hydrogen) atoms. The molecule has 2 aliphatic carbocycles. The molecule has 2 aliphatic rings. The fraction of sp³-hybridized carbons (Fsp3) is 0.0645. The third-order valence-electron chi connectivity index (χ3n) is 8.00. The molecule has 0 fully saturated rings. The smallest absolute Gasteiger partial charge is 0.147 e. The minimum Gasteiger partial charge on any atom is -0.290 e. The van der Waals surface area contributed by atoms with Gasteiger partial charge in [0.25, 0.3) is 0 Å². The van der Waals surface area contributed by atoms with Gasteiger partial charge in [0.15, 0.2) is 0 Å². The highest BCUT2D eigenvalue weighted by Crippen LogP contribution is 2.49. The van der Waals surface area contributed by atoms with Crippen LogP contribution in [0.4, 0.5) is 0 Å². The average Bonchev–Trinajstić information content (AvgIpc) is 3.59. The summed E-state index contributed by atoms with van der Waals surface area (Å²) in [5.74, 6) is 0. The van der Waals surface area contributed by atoms with Crippen molar-refractivity contribution in [3.8, 4) is 22.3 Å². The molecule has 0 unspecified atom stereocenters. The first-order valence-electron chi connectivity index (χ1n) is 12.0. The predicted molar refractivity (Wildman–Crippen MR) is 140 cm³/mol. The summed E-state index contributed by atoms with van der Waals surface area (Å²) in [6.45, 7) is 0. The van der Waals surface area contributed by atoms with Gasteiger partial charge < -0.3 is 0 Å². The van der Waals surface area contributed by atoms with Crippen LogP contribution in [-0.4, -0.2) is 19.4 Å². The molecule has 0 atom stereocenters. The van der Waals surface area contributed by atoms with Gasteiger partial charge in [0.1, 0.15) is 11.2 Å². The fourth-order valence-electron chi connectivity index (χ4n) is 6.56. The van der Waals surface area contributed by atoms with Gasteiger partial charge >= 0.3 is 0 Å². The van der Waals surface area contributed by atoms with Crippen molar-refractivity contribution in [3.63, 3.8) is 0 Å². The maximum atomic E-state index is 5.12. The van der Waals surface area contributed by atoms with E-state index >= 15 is 0 Å². The van der Waals surface area contributed by atoms with E-state index in [1.807, 2.05) is 24.7 Å². The summed E-state index contributed by atoms with van der Waals surface area (Å²) in [6, 6.07) is 24.3. The second-order valence-electron chi connectivity index (χ2n) is 9.66. The summed E-state index contributed by atoms with van der Waals surface area (Å²) in [6.07, 6.45) is 7.57. The maximum absolute atomic E-state index is 5.12. The summed E-state index contributed by atoms with van der Waals surface area (Å²) in [5.41, 5.74) is 16.2. The van der Waals surface area contributed by atoms with E-state index in [4.69, 9.17) is 9.97 Å². The molecule has 0 saturated carbocycles. The molecule has 4 heteroatoms. The second kappa shape index (κ2) is 6.10. The molecule has 9 rings (SSSR count). The van der Waals surface area contributed by atoms with Crippen LogP contribution < -0.4 is 0 Å². The van der Waals surface area contributed by atoms with Crippen LogP contribution in [0.2, 0.25) is 0 Å². The molecular weight excluding hydrogens is 428 g/mol. The van der Waals surface area contributed by atoms with Gasteiger partial charge in [-0.2, -0.15) is 0 Å². The van der Waals surface area contributed by atoms with Crippen LogP contribution in [0.1, 0.15) is 22.3 Å². The zero-order valence-corrected chi connectivity index (χ0v) is 18.8. The lowest BCUT2D eigenvalue weighted by molar-refractivity contribution is 1.16. The Bertz CT molecular complexity index is 2070. The normalized spacial score (nSPS) is 13.5. The molecule has 3 aromatic carbocycles. The van der Waals surface area contributed by atoms with E-state index in [0.29, 0.717) is 0 Å². The van der Waals surface area contributed by atoms with Gasteiger partial charge in [-0.15, -0.1) is 0 Å². The van der Waals surface area contributed by atoms with Crippen LogP contribution in [0.3, 0.4) is 0 Å². The third-order valence-corrected chi connectivity index (χ3v) is 8.00. The van der Waals surface area contributed by atoms with Crippen molar-refractivity contribution in [2.24, 2.45) is 0 Å². The van der Waals surface area contributed by atoms with Crippen LogP contribution in [0.5, 0.6) is 0 Å². The van der Waals surface area contributed by atoms with Gasteiger partial charge in [0.05, 0.1) is 22.7 Å². The summed E-state index contributed by atoms with van der Waals surface area (Å²) in [4.78, 5) is 14.3. The highest BCUT2D eigenvalue weighted by atomic mass is 15.0. The molecule has 7 aromatic rings. The molecule has 0 radical (unpaired) electrons. The second-order valence-corrected chi connectivity index (χ2v) is 9.66. The first-order valence-corrected chi connectivity index (χ1v) is 12.0. The number of pyridine rings is 3. The molecule has 0 N–H and O–H groups in total. The van der Waals surface area contributed by atoms with Crippen molar-refractivity contribution in [1.82, 2.24) is 19.4 Å². The minimum atomic E-state index is 0.908. The summed E-state index contributed by atoms with van der Waals surface area (Å²) in [5, 5.41) is 2.35. The molecule has 0 amide bonds. The Hall–Kier alpha value is -4.57. The first-order chi connectivity index (χ1) is 17.4. The molecule has 0 bridgehead atoms. The van der Waals surface area contributed by atoms with E-state index in [-0.39, 0.29) is 0 Å². The minimum absolute atomic E-state index is 0.908. The van der Waals surface area contributed by atoms with E-state index in [1.165, 1.54) is 49.9 Å².